The summed E-state index contributed by atoms with van der Waals surface area (Å²) in [6.07, 6.45) is 3.59. The minimum absolute atomic E-state index is 0.0205. The third-order valence-corrected chi connectivity index (χ3v) is 6.20. The quantitative estimate of drug-likeness (QED) is 0.807. The van der Waals surface area contributed by atoms with Gasteiger partial charge in [0.05, 0.1) is 5.92 Å². The normalized spacial score (nSPS) is 20.4. The van der Waals surface area contributed by atoms with Crippen molar-refractivity contribution in [1.29, 1.82) is 0 Å². The zero-order chi connectivity index (χ0) is 21.8. The van der Waals surface area contributed by atoms with Crippen molar-refractivity contribution in [3.8, 4) is 0 Å². The number of likely N-dealkylation sites (tertiary alicyclic amines) is 2. The van der Waals surface area contributed by atoms with Gasteiger partial charge in [-0.25, -0.2) is 0 Å². The summed E-state index contributed by atoms with van der Waals surface area (Å²) in [6, 6.07) is 5.36. The molecular weight excluding hydrogens is 378 g/mol. The first-order valence-corrected chi connectivity index (χ1v) is 11.2. The molecule has 164 valence electrons. The van der Waals surface area contributed by atoms with Crippen molar-refractivity contribution in [3.63, 3.8) is 0 Å². The Morgan fingerprint density at radius 2 is 1.53 bits per heavy atom. The lowest BCUT2D eigenvalue weighted by atomic mass is 9.94. The molecule has 3 amide bonds. The van der Waals surface area contributed by atoms with E-state index in [2.05, 4.69) is 5.32 Å². The van der Waals surface area contributed by atoms with Crippen LogP contribution in [0.25, 0.3) is 0 Å². The molecular formula is C24H35N3O3. The lowest BCUT2D eigenvalue weighted by Gasteiger charge is -2.34. The Morgan fingerprint density at radius 3 is 2.13 bits per heavy atom. The Kier molecular flexibility index (Phi) is 7.16. The number of rotatable bonds is 5. The molecule has 0 radical (unpaired) electrons. The van der Waals surface area contributed by atoms with E-state index < -0.39 is 6.04 Å². The molecule has 2 atom stereocenters. The smallest absolute Gasteiger partial charge is 0.253 e. The van der Waals surface area contributed by atoms with Gasteiger partial charge in [-0.05, 0) is 57.6 Å². The maximum atomic E-state index is 13.0. The van der Waals surface area contributed by atoms with E-state index in [0.717, 1.165) is 49.9 Å². The van der Waals surface area contributed by atoms with Crippen LogP contribution < -0.4 is 5.32 Å². The Bertz CT molecular complexity index is 779. The predicted octanol–water partition coefficient (Wildman–Crippen LogP) is 2.92. The van der Waals surface area contributed by atoms with Gasteiger partial charge in [0, 0.05) is 31.7 Å². The van der Waals surface area contributed by atoms with E-state index in [-0.39, 0.29) is 29.6 Å². The second-order valence-electron chi connectivity index (χ2n) is 9.23. The number of amides is 3. The SMILES string of the molecule is Cc1cc(C)cc(C(=O)N2CCCC(C(=O)N[C@H](C(=O)N3CCCC3)C(C)C)C2)c1. The van der Waals surface area contributed by atoms with Crippen LogP contribution in [0.1, 0.15) is 61.0 Å². The Labute approximate surface area is 180 Å². The van der Waals surface area contributed by atoms with Crippen LogP contribution in [0.4, 0.5) is 0 Å². The monoisotopic (exact) mass is 413 g/mol. The molecule has 2 aliphatic rings. The Hall–Kier alpha value is -2.37. The Balaban J connectivity index is 1.65. The number of benzene rings is 1. The molecule has 2 fully saturated rings. The molecule has 0 spiro atoms. The number of nitrogens with one attached hydrogen (secondary N) is 1. The number of piperidine rings is 1. The van der Waals surface area contributed by atoms with Gasteiger partial charge in [0.2, 0.25) is 11.8 Å². The summed E-state index contributed by atoms with van der Waals surface area (Å²) in [5.74, 6) is -0.360. The van der Waals surface area contributed by atoms with Gasteiger partial charge in [0.1, 0.15) is 6.04 Å². The van der Waals surface area contributed by atoms with Gasteiger partial charge >= 0.3 is 0 Å². The van der Waals surface area contributed by atoms with E-state index in [1.54, 1.807) is 4.90 Å². The first-order valence-electron chi connectivity index (χ1n) is 11.2. The molecule has 30 heavy (non-hydrogen) atoms. The molecule has 6 heteroatoms. The molecule has 0 aromatic heterocycles. The van der Waals surface area contributed by atoms with E-state index >= 15 is 0 Å². The van der Waals surface area contributed by atoms with Crippen LogP contribution in [-0.4, -0.2) is 59.7 Å². The number of carbonyl (C=O) groups is 3. The second kappa shape index (κ2) is 9.63. The molecule has 3 rings (SSSR count). The van der Waals surface area contributed by atoms with Gasteiger partial charge < -0.3 is 15.1 Å². The van der Waals surface area contributed by atoms with Crippen LogP contribution in [0.2, 0.25) is 0 Å². The lowest BCUT2D eigenvalue weighted by molar-refractivity contribution is -0.138. The van der Waals surface area contributed by atoms with Gasteiger partial charge in [-0.2, -0.15) is 0 Å². The zero-order valence-corrected chi connectivity index (χ0v) is 18.7. The summed E-state index contributed by atoms with van der Waals surface area (Å²) in [6.45, 7) is 10.5. The van der Waals surface area contributed by atoms with Crippen molar-refractivity contribution in [3.05, 3.63) is 34.9 Å². The lowest BCUT2D eigenvalue weighted by Crippen LogP contribution is -2.54. The van der Waals surface area contributed by atoms with E-state index in [4.69, 9.17) is 0 Å². The first-order chi connectivity index (χ1) is 14.3. The zero-order valence-electron chi connectivity index (χ0n) is 18.7. The average Bonchev–Trinajstić information content (AvgIpc) is 3.25. The van der Waals surface area contributed by atoms with Crippen LogP contribution in [-0.2, 0) is 9.59 Å². The van der Waals surface area contributed by atoms with Crippen molar-refractivity contribution in [2.45, 2.75) is 59.4 Å². The molecule has 1 N–H and O–H groups in total. The fraction of sp³-hybridized carbons (Fsp3) is 0.625. The standard InChI is InChI=1S/C24H35N3O3/c1-16(2)21(24(30)26-9-5-6-10-26)25-22(28)19-8-7-11-27(15-19)23(29)20-13-17(3)12-18(4)14-20/h12-14,16,19,21H,5-11,15H2,1-4H3,(H,25,28)/t19?,21-/m0/s1. The average molecular weight is 414 g/mol. The van der Waals surface area contributed by atoms with Crippen LogP contribution >= 0.6 is 0 Å². The van der Waals surface area contributed by atoms with Gasteiger partial charge in [-0.3, -0.25) is 14.4 Å². The van der Waals surface area contributed by atoms with Crippen molar-refractivity contribution < 1.29 is 14.4 Å². The van der Waals surface area contributed by atoms with E-state index in [9.17, 15) is 14.4 Å². The highest BCUT2D eigenvalue weighted by Crippen LogP contribution is 2.21. The topological polar surface area (TPSA) is 69.7 Å². The predicted molar refractivity (Wildman–Crippen MR) is 117 cm³/mol. The van der Waals surface area contributed by atoms with E-state index in [1.807, 2.05) is 50.8 Å². The number of nitrogens with zero attached hydrogens (tertiary/aromatic N) is 2. The van der Waals surface area contributed by atoms with Gasteiger partial charge in [0.15, 0.2) is 0 Å². The molecule has 0 bridgehead atoms. The summed E-state index contributed by atoms with van der Waals surface area (Å²) in [4.78, 5) is 42.6. The summed E-state index contributed by atoms with van der Waals surface area (Å²) in [5.41, 5.74) is 2.80. The molecule has 1 aromatic carbocycles. The number of hydrogen-bond acceptors (Lipinski definition) is 3. The summed E-state index contributed by atoms with van der Waals surface area (Å²) in [5, 5.41) is 3.01. The van der Waals surface area contributed by atoms with Gasteiger partial charge in [0.25, 0.3) is 5.91 Å². The highest BCUT2D eigenvalue weighted by atomic mass is 16.2. The van der Waals surface area contributed by atoms with Crippen molar-refractivity contribution in [1.82, 2.24) is 15.1 Å². The highest BCUT2D eigenvalue weighted by Gasteiger charge is 2.34. The fourth-order valence-electron chi connectivity index (χ4n) is 4.58. The first kappa shape index (κ1) is 22.3. The van der Waals surface area contributed by atoms with Crippen LogP contribution in [0.3, 0.4) is 0 Å². The fourth-order valence-corrected chi connectivity index (χ4v) is 4.58. The minimum Gasteiger partial charge on any atom is -0.344 e. The molecule has 1 aromatic rings. The number of carbonyl (C=O) groups excluding carboxylic acids is 3. The maximum Gasteiger partial charge on any atom is 0.253 e. The third kappa shape index (κ3) is 5.21. The molecule has 2 aliphatic heterocycles. The summed E-state index contributed by atoms with van der Waals surface area (Å²) < 4.78 is 0. The minimum atomic E-state index is -0.499. The summed E-state index contributed by atoms with van der Waals surface area (Å²) >= 11 is 0. The van der Waals surface area contributed by atoms with Gasteiger partial charge in [-0.1, -0.05) is 31.0 Å². The summed E-state index contributed by atoms with van der Waals surface area (Å²) in [7, 11) is 0. The van der Waals surface area contributed by atoms with Crippen molar-refractivity contribution in [2.75, 3.05) is 26.2 Å². The molecule has 6 nitrogen and oxygen atoms in total. The second-order valence-corrected chi connectivity index (χ2v) is 9.23. The van der Waals surface area contributed by atoms with E-state index in [0.29, 0.717) is 18.7 Å². The van der Waals surface area contributed by atoms with Gasteiger partial charge in [-0.15, -0.1) is 0 Å². The number of hydrogen-bond donors (Lipinski definition) is 1. The van der Waals surface area contributed by atoms with Crippen LogP contribution in [0.15, 0.2) is 18.2 Å². The molecule has 2 saturated heterocycles. The third-order valence-electron chi connectivity index (χ3n) is 6.20. The maximum absolute atomic E-state index is 13.0. The highest BCUT2D eigenvalue weighted by molar-refractivity contribution is 5.95. The Morgan fingerprint density at radius 1 is 0.933 bits per heavy atom. The number of aryl methyl sites for hydroxylation is 2. The van der Waals surface area contributed by atoms with Crippen LogP contribution in [0, 0.1) is 25.7 Å². The van der Waals surface area contributed by atoms with Crippen molar-refractivity contribution in [2.24, 2.45) is 11.8 Å². The molecule has 0 saturated carbocycles. The molecule has 2 heterocycles. The molecule has 0 aliphatic carbocycles. The van der Waals surface area contributed by atoms with E-state index in [1.165, 1.54) is 0 Å². The molecule has 1 unspecified atom stereocenters. The van der Waals surface area contributed by atoms with Crippen molar-refractivity contribution >= 4 is 17.7 Å². The largest absolute Gasteiger partial charge is 0.344 e. The van der Waals surface area contributed by atoms with Crippen LogP contribution in [0.5, 0.6) is 0 Å².